The van der Waals surface area contributed by atoms with Crippen molar-refractivity contribution >= 4 is 5.69 Å². The maximum Gasteiger partial charge on any atom is 0.166 e. The summed E-state index contributed by atoms with van der Waals surface area (Å²) >= 11 is 0. The third-order valence-corrected chi connectivity index (χ3v) is 3.47. The summed E-state index contributed by atoms with van der Waals surface area (Å²) in [5.41, 5.74) is 3.25. The summed E-state index contributed by atoms with van der Waals surface area (Å²) in [4.78, 5) is 0. The van der Waals surface area contributed by atoms with E-state index in [4.69, 9.17) is 14.2 Å². The summed E-state index contributed by atoms with van der Waals surface area (Å²) in [7, 11) is 1.68. The second kappa shape index (κ2) is 5.95. The molecule has 0 atom stereocenters. The highest BCUT2D eigenvalue weighted by Crippen LogP contribution is 2.34. The van der Waals surface area contributed by atoms with Crippen LogP contribution in [0.25, 0.3) is 0 Å². The second-order valence-corrected chi connectivity index (χ2v) is 5.00. The zero-order valence-electron chi connectivity index (χ0n) is 12.3. The van der Waals surface area contributed by atoms with Crippen LogP contribution in [-0.2, 0) is 6.54 Å². The lowest BCUT2D eigenvalue weighted by molar-refractivity contribution is 0.170. The summed E-state index contributed by atoms with van der Waals surface area (Å²) < 4.78 is 16.7. The van der Waals surface area contributed by atoms with Crippen LogP contribution in [0.1, 0.15) is 11.1 Å². The monoisotopic (exact) mass is 285 g/mol. The number of hydrogen-bond donors (Lipinski definition) is 1. The molecule has 0 aliphatic carbocycles. The Morgan fingerprint density at radius 2 is 2.00 bits per heavy atom. The quantitative estimate of drug-likeness (QED) is 0.934. The minimum atomic E-state index is 0.595. The van der Waals surface area contributed by atoms with Crippen LogP contribution in [0.4, 0.5) is 5.69 Å². The average molecular weight is 285 g/mol. The summed E-state index contributed by atoms with van der Waals surface area (Å²) in [5.74, 6) is 2.49. The fourth-order valence-electron chi connectivity index (χ4n) is 2.42. The molecule has 1 aliphatic heterocycles. The molecule has 1 heterocycles. The molecule has 3 rings (SSSR count). The zero-order valence-corrected chi connectivity index (χ0v) is 12.3. The van der Waals surface area contributed by atoms with Crippen molar-refractivity contribution in [2.75, 3.05) is 25.6 Å². The third-order valence-electron chi connectivity index (χ3n) is 3.47. The van der Waals surface area contributed by atoms with Gasteiger partial charge in [-0.05, 0) is 30.7 Å². The molecule has 2 aromatic carbocycles. The molecule has 110 valence electrons. The maximum atomic E-state index is 5.73. The lowest BCUT2D eigenvalue weighted by Crippen LogP contribution is -2.17. The number of para-hydroxylation sites is 1. The minimum Gasteiger partial charge on any atom is -0.495 e. The van der Waals surface area contributed by atoms with E-state index in [2.05, 4.69) is 18.3 Å². The number of rotatable bonds is 4. The van der Waals surface area contributed by atoms with Gasteiger partial charge in [-0.3, -0.25) is 0 Å². The van der Waals surface area contributed by atoms with Crippen molar-refractivity contribution < 1.29 is 14.2 Å². The predicted octanol–water partition coefficient (Wildman–Crippen LogP) is 3.39. The highest BCUT2D eigenvalue weighted by molar-refractivity contribution is 5.59. The van der Waals surface area contributed by atoms with Crippen LogP contribution in [0.15, 0.2) is 36.4 Å². The van der Waals surface area contributed by atoms with E-state index in [1.54, 1.807) is 7.11 Å². The number of anilines is 1. The number of fused-ring (bicyclic) bond motifs is 1. The van der Waals surface area contributed by atoms with Gasteiger partial charge in [0.05, 0.1) is 12.8 Å². The van der Waals surface area contributed by atoms with Gasteiger partial charge in [-0.15, -0.1) is 0 Å². The van der Waals surface area contributed by atoms with Gasteiger partial charge in [-0.1, -0.05) is 18.2 Å². The number of hydrogen-bond acceptors (Lipinski definition) is 4. The van der Waals surface area contributed by atoms with E-state index in [0.717, 1.165) is 28.5 Å². The Morgan fingerprint density at radius 1 is 1.14 bits per heavy atom. The smallest absolute Gasteiger partial charge is 0.166 e. The fourth-order valence-corrected chi connectivity index (χ4v) is 2.42. The summed E-state index contributed by atoms with van der Waals surface area (Å²) in [6.45, 7) is 3.92. The highest BCUT2D eigenvalue weighted by Gasteiger charge is 2.15. The molecule has 1 N–H and O–H groups in total. The first kappa shape index (κ1) is 13.6. The van der Waals surface area contributed by atoms with Gasteiger partial charge in [-0.25, -0.2) is 0 Å². The van der Waals surface area contributed by atoms with Gasteiger partial charge in [0.15, 0.2) is 11.5 Å². The van der Waals surface area contributed by atoms with Crippen molar-refractivity contribution in [1.82, 2.24) is 0 Å². The van der Waals surface area contributed by atoms with Crippen molar-refractivity contribution in [3.05, 3.63) is 47.5 Å². The number of nitrogens with one attached hydrogen (secondary N) is 1. The van der Waals surface area contributed by atoms with Gasteiger partial charge in [0, 0.05) is 12.1 Å². The predicted molar refractivity (Wildman–Crippen MR) is 82.5 cm³/mol. The zero-order chi connectivity index (χ0) is 14.7. The Kier molecular flexibility index (Phi) is 3.86. The van der Waals surface area contributed by atoms with E-state index >= 15 is 0 Å². The molecule has 0 aromatic heterocycles. The molecule has 0 saturated carbocycles. The molecule has 0 unspecified atom stereocenters. The van der Waals surface area contributed by atoms with Gasteiger partial charge >= 0.3 is 0 Å². The molecule has 1 aliphatic rings. The first-order chi connectivity index (χ1) is 10.3. The van der Waals surface area contributed by atoms with Crippen molar-refractivity contribution in [3.63, 3.8) is 0 Å². The molecule has 0 fully saturated rings. The van der Waals surface area contributed by atoms with Crippen molar-refractivity contribution in [2.24, 2.45) is 0 Å². The van der Waals surface area contributed by atoms with Crippen molar-refractivity contribution in [3.8, 4) is 17.2 Å². The highest BCUT2D eigenvalue weighted by atomic mass is 16.6. The molecule has 0 spiro atoms. The molecular formula is C17H19NO3. The van der Waals surface area contributed by atoms with Gasteiger partial charge in [0.1, 0.15) is 19.0 Å². The van der Waals surface area contributed by atoms with E-state index in [9.17, 15) is 0 Å². The number of aryl methyl sites for hydroxylation is 1. The van der Waals surface area contributed by atoms with Gasteiger partial charge < -0.3 is 19.5 Å². The molecule has 0 bridgehead atoms. The number of ether oxygens (including phenoxy) is 3. The SMILES string of the molecule is COc1ccc(C)cc1NCc1cccc2c1OCCO2. The normalized spacial score (nSPS) is 12.9. The average Bonchev–Trinajstić information content (AvgIpc) is 2.53. The first-order valence-corrected chi connectivity index (χ1v) is 7.04. The third kappa shape index (κ3) is 2.89. The maximum absolute atomic E-state index is 5.73. The molecule has 0 radical (unpaired) electrons. The Bertz CT molecular complexity index is 640. The Balaban J connectivity index is 1.81. The molecule has 4 nitrogen and oxygen atoms in total. The van der Waals surface area contributed by atoms with E-state index in [0.29, 0.717) is 19.8 Å². The fraction of sp³-hybridized carbons (Fsp3) is 0.294. The number of methoxy groups -OCH3 is 1. The van der Waals surface area contributed by atoms with Gasteiger partial charge in [0.25, 0.3) is 0 Å². The lowest BCUT2D eigenvalue weighted by atomic mass is 10.1. The van der Waals surface area contributed by atoms with Crippen LogP contribution in [0, 0.1) is 6.92 Å². The Morgan fingerprint density at radius 3 is 2.86 bits per heavy atom. The summed E-state index contributed by atoms with van der Waals surface area (Å²) in [6, 6.07) is 12.0. The van der Waals surface area contributed by atoms with Crippen molar-refractivity contribution in [1.29, 1.82) is 0 Å². The molecule has 4 heteroatoms. The summed E-state index contributed by atoms with van der Waals surface area (Å²) in [6.07, 6.45) is 0. The van der Waals surface area contributed by atoms with Crippen LogP contribution in [0.5, 0.6) is 17.2 Å². The standard InChI is InChI=1S/C17H19NO3/c1-12-6-7-15(19-2)14(10-12)18-11-13-4-3-5-16-17(13)21-9-8-20-16/h3-7,10,18H,8-9,11H2,1-2H3. The number of benzene rings is 2. The van der Waals surface area contributed by atoms with Crippen LogP contribution in [0.3, 0.4) is 0 Å². The minimum absolute atomic E-state index is 0.595. The van der Waals surface area contributed by atoms with Crippen LogP contribution in [-0.4, -0.2) is 20.3 Å². The van der Waals surface area contributed by atoms with Gasteiger partial charge in [0.2, 0.25) is 0 Å². The topological polar surface area (TPSA) is 39.7 Å². The Hall–Kier alpha value is -2.36. The lowest BCUT2D eigenvalue weighted by Gasteiger charge is -2.21. The second-order valence-electron chi connectivity index (χ2n) is 5.00. The van der Waals surface area contributed by atoms with Crippen LogP contribution < -0.4 is 19.5 Å². The molecule has 0 saturated heterocycles. The van der Waals surface area contributed by atoms with E-state index in [-0.39, 0.29) is 0 Å². The first-order valence-electron chi connectivity index (χ1n) is 7.04. The van der Waals surface area contributed by atoms with Crippen LogP contribution in [0.2, 0.25) is 0 Å². The summed E-state index contributed by atoms with van der Waals surface area (Å²) in [5, 5.41) is 3.41. The van der Waals surface area contributed by atoms with E-state index < -0.39 is 0 Å². The van der Waals surface area contributed by atoms with Gasteiger partial charge in [-0.2, -0.15) is 0 Å². The largest absolute Gasteiger partial charge is 0.495 e. The van der Waals surface area contributed by atoms with E-state index in [1.807, 2.05) is 30.3 Å². The van der Waals surface area contributed by atoms with Crippen molar-refractivity contribution in [2.45, 2.75) is 13.5 Å². The Labute approximate surface area is 124 Å². The molecule has 21 heavy (non-hydrogen) atoms. The molecular weight excluding hydrogens is 266 g/mol. The molecule has 2 aromatic rings. The van der Waals surface area contributed by atoms with Crippen LogP contribution >= 0.6 is 0 Å². The molecule has 0 amide bonds. The van der Waals surface area contributed by atoms with E-state index in [1.165, 1.54) is 5.56 Å².